The molecule has 1 aromatic carbocycles. The van der Waals surface area contributed by atoms with Crippen molar-refractivity contribution in [3.05, 3.63) is 78.3 Å². The van der Waals surface area contributed by atoms with Crippen molar-refractivity contribution in [2.75, 3.05) is 5.73 Å². The van der Waals surface area contributed by atoms with E-state index in [1.807, 2.05) is 26.2 Å². The number of pyridine rings is 1. The van der Waals surface area contributed by atoms with Crippen molar-refractivity contribution in [2.45, 2.75) is 25.4 Å². The fraction of sp³-hybridized carbons (Fsp3) is 0.200. The second kappa shape index (κ2) is 8.35. The van der Waals surface area contributed by atoms with E-state index >= 15 is 0 Å². The summed E-state index contributed by atoms with van der Waals surface area (Å²) < 4.78 is 16.5. The number of nitrogens with one attached hydrogen (secondary N) is 1. The molecular weight excluding hydrogens is 433 g/mol. The Kier molecular flexibility index (Phi) is 5.33. The van der Waals surface area contributed by atoms with E-state index in [4.69, 9.17) is 5.73 Å². The highest BCUT2D eigenvalue weighted by Crippen LogP contribution is 2.37. The molecule has 0 saturated heterocycles. The molecule has 0 saturated carbocycles. The van der Waals surface area contributed by atoms with Crippen LogP contribution in [-0.2, 0) is 12.6 Å². The highest BCUT2D eigenvalue weighted by Gasteiger charge is 2.35. The number of fused-ring (bicyclic) bond motifs is 1. The van der Waals surface area contributed by atoms with Gasteiger partial charge >= 0.3 is 0 Å². The summed E-state index contributed by atoms with van der Waals surface area (Å²) in [6, 6.07) is 9.83. The minimum absolute atomic E-state index is 0.0101. The number of rotatable bonds is 6. The van der Waals surface area contributed by atoms with Crippen molar-refractivity contribution < 1.29 is 9.50 Å². The molecule has 1 atom stereocenters. The van der Waals surface area contributed by atoms with Gasteiger partial charge in [0.2, 0.25) is 5.95 Å². The van der Waals surface area contributed by atoms with Crippen molar-refractivity contribution in [1.82, 2.24) is 29.7 Å². The third-order valence-corrected chi connectivity index (χ3v) is 5.94. The molecule has 0 fully saturated rings. The third-order valence-electron chi connectivity index (χ3n) is 5.94. The Labute approximate surface area is 195 Å². The van der Waals surface area contributed by atoms with Crippen molar-refractivity contribution in [3.8, 4) is 22.4 Å². The van der Waals surface area contributed by atoms with Crippen molar-refractivity contribution >= 4 is 17.0 Å². The minimum Gasteiger partial charge on any atom is -0.379 e. The fourth-order valence-corrected chi connectivity index (χ4v) is 4.32. The molecule has 4 heterocycles. The lowest BCUT2D eigenvalue weighted by Gasteiger charge is -2.28. The first-order valence-electron chi connectivity index (χ1n) is 11.0. The molecule has 4 aromatic heterocycles. The van der Waals surface area contributed by atoms with Crippen molar-refractivity contribution in [3.63, 3.8) is 0 Å². The van der Waals surface area contributed by atoms with Gasteiger partial charge in [-0.15, -0.1) is 0 Å². The molecule has 34 heavy (non-hydrogen) atoms. The number of anilines is 1. The number of nitrogens with two attached hydrogens (primary N) is 1. The van der Waals surface area contributed by atoms with Crippen LogP contribution in [-0.4, -0.2) is 34.8 Å². The number of aromatic amines is 1. The van der Waals surface area contributed by atoms with E-state index in [-0.39, 0.29) is 23.6 Å². The Bertz CT molecular complexity index is 1490. The van der Waals surface area contributed by atoms with Gasteiger partial charge in [-0.1, -0.05) is 31.5 Å². The van der Waals surface area contributed by atoms with Crippen LogP contribution in [0.25, 0.3) is 33.4 Å². The molecule has 0 aliphatic heterocycles. The lowest BCUT2D eigenvalue weighted by molar-refractivity contribution is 0.0619. The van der Waals surface area contributed by atoms with E-state index in [0.29, 0.717) is 17.8 Å². The summed E-state index contributed by atoms with van der Waals surface area (Å²) in [5.74, 6) is -0.515. The molecule has 0 radical (unpaired) electrons. The molecule has 4 N–H and O–H groups in total. The van der Waals surface area contributed by atoms with Gasteiger partial charge in [-0.05, 0) is 24.6 Å². The highest BCUT2D eigenvalue weighted by molar-refractivity contribution is 5.95. The number of nitrogens with zero attached hydrogens (tertiary/aromatic N) is 5. The van der Waals surface area contributed by atoms with Gasteiger partial charge in [0, 0.05) is 53.3 Å². The summed E-state index contributed by atoms with van der Waals surface area (Å²) in [7, 11) is 1.86. The smallest absolute Gasteiger partial charge is 0.220 e. The van der Waals surface area contributed by atoms with Gasteiger partial charge < -0.3 is 15.8 Å². The van der Waals surface area contributed by atoms with Gasteiger partial charge in [0.05, 0.1) is 17.6 Å². The van der Waals surface area contributed by atoms with Crippen LogP contribution in [0.5, 0.6) is 0 Å². The summed E-state index contributed by atoms with van der Waals surface area (Å²) in [5.41, 5.74) is 8.58. The number of nitrogen functional groups attached to an aromatic ring is 1. The summed E-state index contributed by atoms with van der Waals surface area (Å²) in [5, 5.41) is 16.7. The van der Waals surface area contributed by atoms with Crippen LogP contribution in [0.2, 0.25) is 0 Å². The lowest BCUT2D eigenvalue weighted by atomic mass is 9.85. The van der Waals surface area contributed by atoms with E-state index in [0.717, 1.165) is 22.1 Å². The van der Waals surface area contributed by atoms with E-state index in [2.05, 4.69) is 25.0 Å². The number of hydrogen-bond donors (Lipinski definition) is 3. The number of benzene rings is 1. The van der Waals surface area contributed by atoms with Gasteiger partial charge in [-0.3, -0.25) is 4.68 Å². The SMILES string of the molecule is CCCC(O)(c1cc(-c2c[nH]c3ncc(-c4cnn(C)c4)cc23)nc(N)n1)c1ccccc1F. The third kappa shape index (κ3) is 3.69. The topological polar surface area (TPSA) is 119 Å². The highest BCUT2D eigenvalue weighted by atomic mass is 19.1. The van der Waals surface area contributed by atoms with Crippen LogP contribution in [0.4, 0.5) is 10.3 Å². The zero-order valence-corrected chi connectivity index (χ0v) is 18.8. The Morgan fingerprint density at radius 2 is 1.97 bits per heavy atom. The average molecular weight is 458 g/mol. The molecule has 0 amide bonds. The second-order valence-electron chi connectivity index (χ2n) is 8.31. The Hall–Kier alpha value is -4.11. The summed E-state index contributed by atoms with van der Waals surface area (Å²) in [4.78, 5) is 16.4. The molecule has 5 rings (SSSR count). The average Bonchev–Trinajstić information content (AvgIpc) is 3.45. The summed E-state index contributed by atoms with van der Waals surface area (Å²) >= 11 is 0. The standard InChI is InChI=1S/C25H24FN7O/c1-3-8-25(34,19-6-4-5-7-20(19)26)22-10-21(31-24(27)32-22)18-13-29-23-17(18)9-15(11-28-23)16-12-30-33(2)14-16/h4-7,9-14,34H,3,8H2,1-2H3,(H,28,29)(H2,27,31,32). The summed E-state index contributed by atoms with van der Waals surface area (Å²) in [6.45, 7) is 1.92. The molecule has 8 nitrogen and oxygen atoms in total. The number of aromatic nitrogens is 6. The minimum atomic E-state index is -1.66. The van der Waals surface area contributed by atoms with Crippen LogP contribution in [0.3, 0.4) is 0 Å². The molecule has 9 heteroatoms. The summed E-state index contributed by atoms with van der Waals surface area (Å²) in [6.07, 6.45) is 8.13. The van der Waals surface area contributed by atoms with Crippen molar-refractivity contribution in [2.24, 2.45) is 7.05 Å². The second-order valence-corrected chi connectivity index (χ2v) is 8.31. The van der Waals surface area contributed by atoms with Gasteiger partial charge in [-0.25, -0.2) is 19.3 Å². The predicted molar refractivity (Wildman–Crippen MR) is 128 cm³/mol. The van der Waals surface area contributed by atoms with Gasteiger partial charge in [0.1, 0.15) is 17.1 Å². The molecule has 0 aliphatic carbocycles. The van der Waals surface area contributed by atoms with Gasteiger partial charge in [0.25, 0.3) is 0 Å². The first kappa shape index (κ1) is 21.7. The molecule has 172 valence electrons. The monoisotopic (exact) mass is 457 g/mol. The maximum atomic E-state index is 14.7. The quantitative estimate of drug-likeness (QED) is 0.352. The molecule has 5 aromatic rings. The molecule has 1 unspecified atom stereocenters. The number of H-pyrrole nitrogens is 1. The van der Waals surface area contributed by atoms with Gasteiger partial charge in [0.15, 0.2) is 0 Å². The molecular formula is C25H24FN7O. The number of aliphatic hydroxyl groups is 1. The van der Waals surface area contributed by atoms with Crippen molar-refractivity contribution in [1.29, 1.82) is 0 Å². The van der Waals surface area contributed by atoms with Crippen LogP contribution in [0, 0.1) is 5.82 Å². The molecule has 0 bridgehead atoms. The Morgan fingerprint density at radius 1 is 1.15 bits per heavy atom. The maximum absolute atomic E-state index is 14.7. The number of hydrogen-bond acceptors (Lipinski definition) is 6. The van der Waals surface area contributed by atoms with Crippen LogP contribution < -0.4 is 5.73 Å². The lowest BCUT2D eigenvalue weighted by Crippen LogP contribution is -2.30. The predicted octanol–water partition coefficient (Wildman–Crippen LogP) is 4.18. The van der Waals surface area contributed by atoms with Gasteiger partial charge in [-0.2, -0.15) is 5.10 Å². The number of aryl methyl sites for hydroxylation is 1. The normalized spacial score (nSPS) is 13.3. The molecule has 0 spiro atoms. The van der Waals surface area contributed by atoms with Crippen LogP contribution in [0.15, 0.2) is 61.2 Å². The largest absolute Gasteiger partial charge is 0.379 e. The fourth-order valence-electron chi connectivity index (χ4n) is 4.32. The maximum Gasteiger partial charge on any atom is 0.220 e. The van der Waals surface area contributed by atoms with E-state index in [1.54, 1.807) is 47.5 Å². The van der Waals surface area contributed by atoms with E-state index < -0.39 is 11.4 Å². The Morgan fingerprint density at radius 3 is 2.71 bits per heavy atom. The first-order chi connectivity index (χ1) is 16.4. The van der Waals surface area contributed by atoms with E-state index in [1.165, 1.54) is 6.07 Å². The number of halogens is 1. The van der Waals surface area contributed by atoms with E-state index in [9.17, 15) is 9.50 Å². The first-order valence-corrected chi connectivity index (χ1v) is 11.0. The zero-order valence-electron chi connectivity index (χ0n) is 18.8. The van der Waals surface area contributed by atoms with Crippen LogP contribution >= 0.6 is 0 Å². The molecule has 0 aliphatic rings. The Balaban J connectivity index is 1.66. The zero-order chi connectivity index (χ0) is 23.9. The van der Waals surface area contributed by atoms with Crippen LogP contribution in [0.1, 0.15) is 31.0 Å².